The van der Waals surface area contributed by atoms with Crippen LogP contribution in [0, 0.1) is 0 Å². The quantitative estimate of drug-likeness (QED) is 0.783. The van der Waals surface area contributed by atoms with Crippen LogP contribution in [0.4, 0.5) is 0 Å². The summed E-state index contributed by atoms with van der Waals surface area (Å²) in [6.45, 7) is 3.70. The van der Waals surface area contributed by atoms with Crippen molar-refractivity contribution in [1.82, 2.24) is 5.32 Å². The summed E-state index contributed by atoms with van der Waals surface area (Å²) < 4.78 is 11.0. The number of nitrogens with one attached hydrogen (secondary N) is 1. The highest BCUT2D eigenvalue weighted by Gasteiger charge is 2.34. The first kappa shape index (κ1) is 10.1. The van der Waals surface area contributed by atoms with Gasteiger partial charge in [-0.1, -0.05) is 0 Å². The number of rotatable bonds is 3. The lowest BCUT2D eigenvalue weighted by atomic mass is 10.00. The second-order valence-electron chi connectivity index (χ2n) is 3.99. The van der Waals surface area contributed by atoms with Gasteiger partial charge < -0.3 is 19.9 Å². The van der Waals surface area contributed by atoms with Crippen molar-refractivity contribution in [1.29, 1.82) is 0 Å². The van der Waals surface area contributed by atoms with Crippen LogP contribution in [-0.4, -0.2) is 30.9 Å². The lowest BCUT2D eigenvalue weighted by molar-refractivity contribution is 0.0323. The summed E-state index contributed by atoms with van der Waals surface area (Å²) in [5.74, 6) is 1.40. The fourth-order valence-electron chi connectivity index (χ4n) is 1.56. The molecule has 1 fully saturated rings. The van der Waals surface area contributed by atoms with Crippen LogP contribution in [-0.2, 0) is 0 Å². The third kappa shape index (κ3) is 1.99. The Labute approximate surface area is 88.8 Å². The molecule has 2 N–H and O–H groups in total. The van der Waals surface area contributed by atoms with Gasteiger partial charge in [0.2, 0.25) is 0 Å². The Balaban J connectivity index is 2.20. The van der Waals surface area contributed by atoms with Gasteiger partial charge >= 0.3 is 0 Å². The zero-order valence-corrected chi connectivity index (χ0v) is 8.91. The monoisotopic (exact) mass is 209 g/mol. The van der Waals surface area contributed by atoms with Gasteiger partial charge in [-0.2, -0.15) is 0 Å². The molecule has 0 radical (unpaired) electrons. The van der Waals surface area contributed by atoms with Crippen molar-refractivity contribution >= 4 is 0 Å². The van der Waals surface area contributed by atoms with E-state index >= 15 is 0 Å². The van der Waals surface area contributed by atoms with Gasteiger partial charge in [0.25, 0.3) is 0 Å². The number of methoxy groups -OCH3 is 1. The third-order valence-electron chi connectivity index (χ3n) is 2.50. The van der Waals surface area contributed by atoms with Crippen molar-refractivity contribution in [2.75, 3.05) is 20.2 Å². The Morgan fingerprint density at radius 3 is 2.60 bits per heavy atom. The average molecular weight is 209 g/mol. The number of hydrogen-bond acceptors (Lipinski definition) is 4. The zero-order chi connectivity index (χ0) is 10.9. The van der Waals surface area contributed by atoms with Crippen LogP contribution in [0.3, 0.4) is 0 Å². The fourth-order valence-corrected chi connectivity index (χ4v) is 1.56. The largest absolute Gasteiger partial charge is 0.508 e. The van der Waals surface area contributed by atoms with Crippen LogP contribution >= 0.6 is 0 Å². The van der Waals surface area contributed by atoms with Crippen molar-refractivity contribution < 1.29 is 14.6 Å². The number of benzene rings is 1. The van der Waals surface area contributed by atoms with Crippen LogP contribution in [0.2, 0.25) is 0 Å². The summed E-state index contributed by atoms with van der Waals surface area (Å²) >= 11 is 0. The van der Waals surface area contributed by atoms with E-state index in [9.17, 15) is 5.11 Å². The first-order valence-electron chi connectivity index (χ1n) is 4.90. The molecule has 15 heavy (non-hydrogen) atoms. The molecule has 1 aromatic rings. The van der Waals surface area contributed by atoms with E-state index in [2.05, 4.69) is 5.32 Å². The first-order valence-corrected chi connectivity index (χ1v) is 4.90. The topological polar surface area (TPSA) is 50.7 Å². The molecule has 0 bridgehead atoms. The normalized spacial score (nSPS) is 18.0. The first-order chi connectivity index (χ1) is 7.13. The lowest BCUT2D eigenvalue weighted by Gasteiger charge is -2.39. The van der Waals surface area contributed by atoms with Gasteiger partial charge in [-0.15, -0.1) is 0 Å². The molecule has 0 aromatic heterocycles. The molecule has 0 atom stereocenters. The lowest BCUT2D eigenvalue weighted by Crippen LogP contribution is -2.61. The molecule has 0 unspecified atom stereocenters. The van der Waals surface area contributed by atoms with E-state index in [1.165, 1.54) is 0 Å². The van der Waals surface area contributed by atoms with Crippen molar-refractivity contribution in [3.8, 4) is 17.2 Å². The number of aromatic hydroxyl groups is 1. The highest BCUT2D eigenvalue weighted by Crippen LogP contribution is 2.33. The molecule has 4 nitrogen and oxygen atoms in total. The van der Waals surface area contributed by atoms with Crippen LogP contribution < -0.4 is 14.8 Å². The number of phenols is 1. The average Bonchev–Trinajstić information content (AvgIpc) is 2.18. The van der Waals surface area contributed by atoms with Gasteiger partial charge in [-0.3, -0.25) is 0 Å². The van der Waals surface area contributed by atoms with E-state index in [0.717, 1.165) is 13.1 Å². The van der Waals surface area contributed by atoms with Crippen LogP contribution in [0.1, 0.15) is 6.92 Å². The van der Waals surface area contributed by atoms with Gasteiger partial charge in [-0.25, -0.2) is 0 Å². The molecular formula is C11H15NO3. The maximum absolute atomic E-state index is 9.29. The molecule has 82 valence electrons. The van der Waals surface area contributed by atoms with Crippen LogP contribution in [0.25, 0.3) is 0 Å². The van der Waals surface area contributed by atoms with Gasteiger partial charge in [-0.05, 0) is 19.1 Å². The maximum Gasteiger partial charge on any atom is 0.164 e. The van der Waals surface area contributed by atoms with E-state index in [0.29, 0.717) is 11.5 Å². The third-order valence-corrected chi connectivity index (χ3v) is 2.50. The molecule has 0 spiro atoms. The van der Waals surface area contributed by atoms with E-state index < -0.39 is 0 Å². The molecule has 0 aliphatic carbocycles. The fraction of sp³-hybridized carbons (Fsp3) is 0.455. The summed E-state index contributed by atoms with van der Waals surface area (Å²) in [4.78, 5) is 0. The second-order valence-corrected chi connectivity index (χ2v) is 3.99. The summed E-state index contributed by atoms with van der Waals surface area (Å²) in [5, 5.41) is 12.4. The number of ether oxygens (including phenoxy) is 2. The van der Waals surface area contributed by atoms with Crippen molar-refractivity contribution in [2.45, 2.75) is 12.5 Å². The van der Waals surface area contributed by atoms with E-state index in [1.54, 1.807) is 25.3 Å². The maximum atomic E-state index is 9.29. The standard InChI is InChI=1S/C11H15NO3/c1-11(6-12-7-11)15-9-4-3-8(13)5-10(9)14-2/h3-5,12-13H,6-7H2,1-2H3. The minimum Gasteiger partial charge on any atom is -0.508 e. The highest BCUT2D eigenvalue weighted by atomic mass is 16.5. The summed E-state index contributed by atoms with van der Waals surface area (Å²) in [6, 6.07) is 4.86. The van der Waals surface area contributed by atoms with E-state index in [-0.39, 0.29) is 11.4 Å². The SMILES string of the molecule is COc1cc(O)ccc1OC1(C)CNC1. The zero-order valence-electron chi connectivity index (χ0n) is 8.91. The Morgan fingerprint density at radius 2 is 2.07 bits per heavy atom. The molecule has 1 aromatic carbocycles. The Bertz CT molecular complexity index is 361. The Morgan fingerprint density at radius 1 is 1.33 bits per heavy atom. The summed E-state index contributed by atoms with van der Waals surface area (Å²) in [5.41, 5.74) is -0.162. The molecule has 4 heteroatoms. The molecule has 1 aliphatic rings. The molecule has 2 rings (SSSR count). The summed E-state index contributed by atoms with van der Waals surface area (Å²) in [6.07, 6.45) is 0. The van der Waals surface area contributed by atoms with Gasteiger partial charge in [0.15, 0.2) is 11.5 Å². The minimum atomic E-state index is -0.162. The van der Waals surface area contributed by atoms with Crippen LogP contribution in [0.5, 0.6) is 17.2 Å². The second kappa shape index (κ2) is 3.62. The minimum absolute atomic E-state index is 0.162. The molecule has 0 saturated carbocycles. The van der Waals surface area contributed by atoms with Gasteiger partial charge in [0.05, 0.1) is 7.11 Å². The predicted molar refractivity (Wildman–Crippen MR) is 56.6 cm³/mol. The van der Waals surface area contributed by atoms with Crippen molar-refractivity contribution in [3.05, 3.63) is 18.2 Å². The highest BCUT2D eigenvalue weighted by molar-refractivity contribution is 5.45. The van der Waals surface area contributed by atoms with E-state index in [1.807, 2.05) is 6.92 Å². The van der Waals surface area contributed by atoms with Gasteiger partial charge in [0, 0.05) is 19.2 Å². The Kier molecular flexibility index (Phi) is 2.44. The van der Waals surface area contributed by atoms with Crippen LogP contribution in [0.15, 0.2) is 18.2 Å². The van der Waals surface area contributed by atoms with Crippen molar-refractivity contribution in [3.63, 3.8) is 0 Å². The van der Waals surface area contributed by atoms with E-state index in [4.69, 9.17) is 9.47 Å². The predicted octanol–water partition coefficient (Wildman–Crippen LogP) is 1.14. The molecule has 1 heterocycles. The number of phenolic OH excluding ortho intramolecular Hbond substituents is 1. The van der Waals surface area contributed by atoms with Gasteiger partial charge in [0.1, 0.15) is 11.4 Å². The smallest absolute Gasteiger partial charge is 0.164 e. The molecule has 1 saturated heterocycles. The molecular weight excluding hydrogens is 194 g/mol. The molecule has 0 amide bonds. The molecule has 1 aliphatic heterocycles. The number of hydrogen-bond donors (Lipinski definition) is 2. The Hall–Kier alpha value is -1.42. The summed E-state index contributed by atoms with van der Waals surface area (Å²) in [7, 11) is 1.56. The van der Waals surface area contributed by atoms with Crippen molar-refractivity contribution in [2.24, 2.45) is 0 Å².